The smallest absolute Gasteiger partial charge is 0.0891 e. The van der Waals surface area contributed by atoms with Crippen LogP contribution in [0.4, 0.5) is 0 Å². The van der Waals surface area contributed by atoms with E-state index in [0.717, 1.165) is 45.7 Å². The molecule has 0 radical (unpaired) electrons. The van der Waals surface area contributed by atoms with E-state index in [-0.39, 0.29) is 11.6 Å². The Kier molecular flexibility index (Phi) is 4.16. The molecular formula is C11H22N2O3. The molecule has 5 nitrogen and oxygen atoms in total. The highest BCUT2D eigenvalue weighted by atomic mass is 16.5. The zero-order valence-corrected chi connectivity index (χ0v) is 9.91. The van der Waals surface area contributed by atoms with Crippen molar-refractivity contribution in [2.45, 2.75) is 30.9 Å². The summed E-state index contributed by atoms with van der Waals surface area (Å²) in [5.74, 6) is 6.17. The van der Waals surface area contributed by atoms with Gasteiger partial charge in [-0.2, -0.15) is 0 Å². The van der Waals surface area contributed by atoms with Gasteiger partial charge in [-0.15, -0.1) is 0 Å². The first-order valence-corrected chi connectivity index (χ1v) is 5.99. The Balaban J connectivity index is 2.08. The SMILES string of the molecule is COC1(C(NN)C2CCOC2)CCOCC1. The molecule has 0 aromatic rings. The third kappa shape index (κ3) is 2.24. The molecule has 0 saturated carbocycles. The normalized spacial score (nSPS) is 31.5. The number of hydrogen-bond acceptors (Lipinski definition) is 5. The van der Waals surface area contributed by atoms with Gasteiger partial charge in [0.15, 0.2) is 0 Å². The topological polar surface area (TPSA) is 65.7 Å². The van der Waals surface area contributed by atoms with Crippen LogP contribution in [0.1, 0.15) is 19.3 Å². The maximum Gasteiger partial charge on any atom is 0.0891 e. The first-order chi connectivity index (χ1) is 7.82. The highest BCUT2D eigenvalue weighted by Gasteiger charge is 2.44. The summed E-state index contributed by atoms with van der Waals surface area (Å²) in [5, 5.41) is 0. The first-order valence-electron chi connectivity index (χ1n) is 5.99. The van der Waals surface area contributed by atoms with Crippen molar-refractivity contribution in [2.24, 2.45) is 11.8 Å². The van der Waals surface area contributed by atoms with Gasteiger partial charge in [0.1, 0.15) is 0 Å². The minimum Gasteiger partial charge on any atom is -0.381 e. The van der Waals surface area contributed by atoms with Gasteiger partial charge in [0.2, 0.25) is 0 Å². The molecule has 0 aliphatic carbocycles. The van der Waals surface area contributed by atoms with Gasteiger partial charge in [0.05, 0.1) is 18.2 Å². The van der Waals surface area contributed by atoms with Crippen molar-refractivity contribution in [3.05, 3.63) is 0 Å². The molecule has 94 valence electrons. The van der Waals surface area contributed by atoms with Gasteiger partial charge in [0.25, 0.3) is 0 Å². The van der Waals surface area contributed by atoms with Crippen LogP contribution in [0.5, 0.6) is 0 Å². The second-order valence-corrected chi connectivity index (χ2v) is 4.65. The van der Waals surface area contributed by atoms with E-state index < -0.39 is 0 Å². The van der Waals surface area contributed by atoms with Crippen LogP contribution in [0, 0.1) is 5.92 Å². The Bertz CT molecular complexity index is 213. The zero-order valence-electron chi connectivity index (χ0n) is 9.91. The lowest BCUT2D eigenvalue weighted by atomic mass is 9.79. The van der Waals surface area contributed by atoms with E-state index in [2.05, 4.69) is 5.43 Å². The van der Waals surface area contributed by atoms with Crippen LogP contribution in [0.25, 0.3) is 0 Å². The number of nitrogens with two attached hydrogens (primary N) is 1. The fourth-order valence-corrected chi connectivity index (χ4v) is 2.89. The van der Waals surface area contributed by atoms with Crippen molar-refractivity contribution in [3.63, 3.8) is 0 Å². The summed E-state index contributed by atoms with van der Waals surface area (Å²) < 4.78 is 16.6. The number of nitrogens with one attached hydrogen (secondary N) is 1. The fraction of sp³-hybridized carbons (Fsp3) is 1.00. The lowest BCUT2D eigenvalue weighted by Gasteiger charge is -2.44. The Hall–Kier alpha value is -0.200. The third-order valence-corrected chi connectivity index (χ3v) is 3.93. The van der Waals surface area contributed by atoms with Crippen molar-refractivity contribution in [1.82, 2.24) is 5.43 Å². The highest BCUT2D eigenvalue weighted by molar-refractivity contribution is 4.98. The minimum absolute atomic E-state index is 0.156. The van der Waals surface area contributed by atoms with Crippen molar-refractivity contribution in [3.8, 4) is 0 Å². The van der Waals surface area contributed by atoms with Crippen molar-refractivity contribution in [1.29, 1.82) is 0 Å². The van der Waals surface area contributed by atoms with Gasteiger partial charge >= 0.3 is 0 Å². The quantitative estimate of drug-likeness (QED) is 0.528. The molecule has 0 aromatic carbocycles. The molecule has 0 bridgehead atoms. The molecule has 2 aliphatic rings. The number of rotatable bonds is 4. The average Bonchev–Trinajstić information content (AvgIpc) is 2.85. The van der Waals surface area contributed by atoms with Gasteiger partial charge in [-0.25, -0.2) is 0 Å². The predicted molar refractivity (Wildman–Crippen MR) is 59.8 cm³/mol. The summed E-state index contributed by atoms with van der Waals surface area (Å²) in [4.78, 5) is 0. The van der Waals surface area contributed by atoms with Gasteiger partial charge in [-0.3, -0.25) is 11.3 Å². The van der Waals surface area contributed by atoms with E-state index in [4.69, 9.17) is 20.1 Å². The van der Waals surface area contributed by atoms with E-state index in [9.17, 15) is 0 Å². The molecule has 2 heterocycles. The molecule has 0 spiro atoms. The van der Waals surface area contributed by atoms with Gasteiger partial charge in [-0.1, -0.05) is 0 Å². The molecule has 0 aromatic heterocycles. The molecule has 2 saturated heterocycles. The minimum atomic E-state index is -0.189. The molecule has 0 amide bonds. The van der Waals surface area contributed by atoms with E-state index in [0.29, 0.717) is 5.92 Å². The predicted octanol–water partition coefficient (Wildman–Crippen LogP) is 0.0504. The van der Waals surface area contributed by atoms with Crippen LogP contribution in [-0.4, -0.2) is 45.2 Å². The second kappa shape index (κ2) is 5.42. The lowest BCUT2D eigenvalue weighted by Crippen LogP contribution is -2.60. The van der Waals surface area contributed by atoms with Crippen LogP contribution in [0.2, 0.25) is 0 Å². The summed E-state index contributed by atoms with van der Waals surface area (Å²) in [5.41, 5.74) is 2.76. The van der Waals surface area contributed by atoms with E-state index in [1.807, 2.05) is 0 Å². The molecule has 16 heavy (non-hydrogen) atoms. The fourth-order valence-electron chi connectivity index (χ4n) is 2.89. The Morgan fingerprint density at radius 2 is 2.06 bits per heavy atom. The Morgan fingerprint density at radius 3 is 2.56 bits per heavy atom. The molecule has 3 N–H and O–H groups in total. The molecule has 2 fully saturated rings. The number of ether oxygens (including phenoxy) is 3. The molecule has 2 unspecified atom stereocenters. The number of hydrogen-bond donors (Lipinski definition) is 2. The summed E-state index contributed by atoms with van der Waals surface area (Å²) in [6.45, 7) is 3.11. The summed E-state index contributed by atoms with van der Waals surface area (Å²) >= 11 is 0. The third-order valence-electron chi connectivity index (χ3n) is 3.93. The van der Waals surface area contributed by atoms with Crippen molar-refractivity contribution < 1.29 is 14.2 Å². The van der Waals surface area contributed by atoms with E-state index in [1.165, 1.54) is 0 Å². The monoisotopic (exact) mass is 230 g/mol. The number of hydrazine groups is 1. The first kappa shape index (κ1) is 12.3. The number of methoxy groups -OCH3 is 1. The zero-order chi connectivity index (χ0) is 11.4. The molecular weight excluding hydrogens is 208 g/mol. The van der Waals surface area contributed by atoms with Crippen molar-refractivity contribution in [2.75, 3.05) is 33.5 Å². The lowest BCUT2D eigenvalue weighted by molar-refractivity contribution is -0.120. The largest absolute Gasteiger partial charge is 0.381 e. The van der Waals surface area contributed by atoms with Gasteiger partial charge in [-0.05, 0) is 6.42 Å². The molecule has 2 rings (SSSR count). The van der Waals surface area contributed by atoms with Crippen LogP contribution < -0.4 is 11.3 Å². The molecule has 2 atom stereocenters. The van der Waals surface area contributed by atoms with Crippen LogP contribution in [0.15, 0.2) is 0 Å². The Morgan fingerprint density at radius 1 is 1.31 bits per heavy atom. The standard InChI is InChI=1S/C11H22N2O3/c1-14-11(3-6-15-7-4-11)10(13-12)9-2-5-16-8-9/h9-10,13H,2-8,12H2,1H3. The maximum absolute atomic E-state index is 5.77. The summed E-state index contributed by atoms with van der Waals surface area (Å²) in [6.07, 6.45) is 2.85. The Labute approximate surface area is 96.6 Å². The molecule has 5 heteroatoms. The summed E-state index contributed by atoms with van der Waals surface area (Å²) in [7, 11) is 1.77. The van der Waals surface area contributed by atoms with E-state index >= 15 is 0 Å². The molecule has 2 aliphatic heterocycles. The van der Waals surface area contributed by atoms with Crippen molar-refractivity contribution >= 4 is 0 Å². The van der Waals surface area contributed by atoms with Crippen LogP contribution in [0.3, 0.4) is 0 Å². The summed E-state index contributed by atoms with van der Waals surface area (Å²) in [6, 6.07) is 0.156. The maximum atomic E-state index is 5.77. The average molecular weight is 230 g/mol. The van der Waals surface area contributed by atoms with Gasteiger partial charge in [0, 0.05) is 45.7 Å². The van der Waals surface area contributed by atoms with Crippen LogP contribution >= 0.6 is 0 Å². The second-order valence-electron chi connectivity index (χ2n) is 4.65. The highest BCUT2D eigenvalue weighted by Crippen LogP contribution is 2.34. The van der Waals surface area contributed by atoms with E-state index in [1.54, 1.807) is 7.11 Å². The van der Waals surface area contributed by atoms with Crippen LogP contribution in [-0.2, 0) is 14.2 Å². The van der Waals surface area contributed by atoms with Gasteiger partial charge < -0.3 is 14.2 Å².